The van der Waals surface area contributed by atoms with Crippen molar-refractivity contribution in [3.05, 3.63) is 88.0 Å². The highest BCUT2D eigenvalue weighted by molar-refractivity contribution is 6.36. The minimum Gasteiger partial charge on any atom is -0.462 e. The molecule has 4 aliphatic heterocycles. The van der Waals surface area contributed by atoms with E-state index < -0.39 is 18.1 Å². The monoisotopic (exact) mass is 814 g/mol. The van der Waals surface area contributed by atoms with Gasteiger partial charge in [0.2, 0.25) is 18.0 Å². The molecule has 5 aliphatic rings. The zero-order valence-corrected chi connectivity index (χ0v) is 33.0. The van der Waals surface area contributed by atoms with Crippen molar-refractivity contribution >= 4 is 52.4 Å². The fourth-order valence-electron chi connectivity index (χ4n) is 9.42. The number of ether oxygens (including phenoxy) is 1. The predicted molar refractivity (Wildman–Crippen MR) is 215 cm³/mol. The number of nitrogens with one attached hydrogen (secondary N) is 3. The third-order valence-corrected chi connectivity index (χ3v) is 13.6. The summed E-state index contributed by atoms with van der Waals surface area (Å²) in [6.45, 7) is 3.61. The number of likely N-dealkylation sites (tertiary alicyclic amines) is 2. The van der Waals surface area contributed by atoms with E-state index >= 15 is 0 Å². The molecule has 2 aromatic carbocycles. The van der Waals surface area contributed by atoms with Crippen LogP contribution in [0.4, 0.5) is 15.9 Å². The molecule has 1 aliphatic carbocycles. The third-order valence-electron chi connectivity index (χ3n) is 12.8. The van der Waals surface area contributed by atoms with Gasteiger partial charge in [-0.25, -0.2) is 9.37 Å². The second-order valence-corrected chi connectivity index (χ2v) is 17.0. The van der Waals surface area contributed by atoms with Crippen molar-refractivity contribution in [2.75, 3.05) is 36.8 Å². The van der Waals surface area contributed by atoms with Crippen LogP contribution in [0.5, 0.6) is 5.75 Å². The molecule has 0 radical (unpaired) electrons. The number of hydrogen-bond acceptors (Lipinski definition) is 9. The van der Waals surface area contributed by atoms with E-state index in [-0.39, 0.29) is 22.7 Å². The van der Waals surface area contributed by atoms with Crippen molar-refractivity contribution in [2.24, 2.45) is 5.41 Å². The number of pyridine rings is 1. The molecule has 3 amide bonds. The summed E-state index contributed by atoms with van der Waals surface area (Å²) in [5.41, 5.74) is 3.78. The highest BCUT2D eigenvalue weighted by atomic mass is 35.5. The van der Waals surface area contributed by atoms with E-state index in [1.165, 1.54) is 37.8 Å². The molecule has 2 aromatic heterocycles. The van der Waals surface area contributed by atoms with Crippen LogP contribution in [0.25, 0.3) is 11.1 Å². The zero-order chi connectivity index (χ0) is 39.3. The van der Waals surface area contributed by atoms with Gasteiger partial charge in [-0.1, -0.05) is 29.3 Å². The van der Waals surface area contributed by atoms with Gasteiger partial charge in [0.05, 0.1) is 27.8 Å². The first-order valence-corrected chi connectivity index (χ1v) is 20.7. The van der Waals surface area contributed by atoms with Gasteiger partial charge < -0.3 is 25.2 Å². The number of carbonyl (C=O) groups is 3. The van der Waals surface area contributed by atoms with Crippen molar-refractivity contribution in [1.29, 1.82) is 0 Å². The number of fused-ring (bicyclic) bond motifs is 1. The lowest BCUT2D eigenvalue weighted by Gasteiger charge is -2.48. The van der Waals surface area contributed by atoms with Crippen LogP contribution in [0.1, 0.15) is 92.4 Å². The van der Waals surface area contributed by atoms with Crippen LogP contribution in [0.3, 0.4) is 0 Å². The standard InChI is InChI=1S/C42H45Cl2FN8O4/c43-31-4-5-32(45)37(44)36(31)40-50-38-34(57-40)21-26(22-46-38)27-23-47-53(24-27)30-10-16-51(17-11-30)29-8-12-42(13-9-29)14-18-52(19-15-42)41(56)25-2-1-3-28(20-25)48-33-6-7-35(54)49-39(33)55/h1-5,20-24,29-30,33,40,48H,6-19H2,(H,46,50)(H,49,54,55)/t33-,40-/m0/s1. The van der Waals surface area contributed by atoms with Crippen LogP contribution in [-0.4, -0.2) is 80.5 Å². The quantitative estimate of drug-likeness (QED) is 0.127. The van der Waals surface area contributed by atoms with Crippen LogP contribution in [-0.2, 0) is 9.59 Å². The van der Waals surface area contributed by atoms with E-state index in [2.05, 4.69) is 36.7 Å². The average Bonchev–Trinajstić information content (AvgIpc) is 3.89. The van der Waals surface area contributed by atoms with Crippen LogP contribution in [0.2, 0.25) is 10.0 Å². The number of anilines is 2. The van der Waals surface area contributed by atoms with Gasteiger partial charge in [-0.15, -0.1) is 0 Å². The third kappa shape index (κ3) is 7.69. The summed E-state index contributed by atoms with van der Waals surface area (Å²) in [5, 5.41) is 13.7. The fraction of sp³-hybridized carbons (Fsp3) is 0.452. The lowest BCUT2D eigenvalue weighted by molar-refractivity contribution is -0.133. The Morgan fingerprint density at radius 3 is 2.47 bits per heavy atom. The molecule has 1 spiro atoms. The van der Waals surface area contributed by atoms with Crippen LogP contribution >= 0.6 is 23.2 Å². The molecule has 4 fully saturated rings. The van der Waals surface area contributed by atoms with Gasteiger partial charge >= 0.3 is 0 Å². The summed E-state index contributed by atoms with van der Waals surface area (Å²) in [6, 6.07) is 12.4. The second-order valence-electron chi connectivity index (χ2n) is 16.2. The first-order valence-electron chi connectivity index (χ1n) is 20.0. The van der Waals surface area contributed by atoms with E-state index in [1.54, 1.807) is 6.20 Å². The summed E-state index contributed by atoms with van der Waals surface area (Å²) in [5.74, 6) is -0.0433. The number of piperidine rings is 3. The molecule has 2 atom stereocenters. The Labute approximate surface area is 340 Å². The molecule has 6 heterocycles. The fourth-order valence-corrected chi connectivity index (χ4v) is 9.99. The first kappa shape index (κ1) is 37.8. The van der Waals surface area contributed by atoms with Gasteiger partial charge in [-0.05, 0) is 99.6 Å². The molecule has 15 heteroatoms. The predicted octanol–water partition coefficient (Wildman–Crippen LogP) is 7.61. The number of benzene rings is 2. The highest BCUT2D eigenvalue weighted by Crippen LogP contribution is 2.47. The molecule has 0 bridgehead atoms. The lowest BCUT2D eigenvalue weighted by atomic mass is 9.66. The van der Waals surface area contributed by atoms with Crippen molar-refractivity contribution in [2.45, 2.75) is 88.6 Å². The van der Waals surface area contributed by atoms with Crippen molar-refractivity contribution in [1.82, 2.24) is 29.9 Å². The molecule has 1 saturated carbocycles. The number of imide groups is 1. The number of aromatic nitrogens is 3. The summed E-state index contributed by atoms with van der Waals surface area (Å²) >= 11 is 12.6. The number of carbonyl (C=O) groups excluding carboxylic acids is 3. The SMILES string of the molecule is O=C1CC[C@H](Nc2cccc(C(=O)N3CCC4(CCC(N5CCC(n6cc(-c7cnc8c(c7)O[C@@H](c7c(Cl)ccc(F)c7Cl)N8)cn6)CC5)CC4)CC3)c2)C(=O)N1. The van der Waals surface area contributed by atoms with Gasteiger partial charge in [0, 0.05) is 73.4 Å². The van der Waals surface area contributed by atoms with Crippen molar-refractivity contribution in [3.8, 4) is 16.9 Å². The summed E-state index contributed by atoms with van der Waals surface area (Å²) < 4.78 is 22.4. The Balaban J connectivity index is 0.739. The number of halogens is 3. The van der Waals surface area contributed by atoms with Crippen molar-refractivity contribution in [3.63, 3.8) is 0 Å². The number of hydrogen-bond donors (Lipinski definition) is 3. The molecule has 9 rings (SSSR count). The Bertz CT molecular complexity index is 2190. The second kappa shape index (κ2) is 15.6. The maximum atomic E-state index is 14.2. The number of amides is 3. The normalized spacial score (nSPS) is 22.8. The molecule has 3 N–H and O–H groups in total. The molecule has 298 valence electrons. The smallest absolute Gasteiger partial charge is 0.253 e. The molecule has 3 saturated heterocycles. The molecular formula is C42H45Cl2FN8O4. The van der Waals surface area contributed by atoms with E-state index in [0.29, 0.717) is 63.7 Å². The Hall–Kier alpha value is -4.72. The highest BCUT2D eigenvalue weighted by Gasteiger charge is 2.41. The Morgan fingerprint density at radius 1 is 0.912 bits per heavy atom. The zero-order valence-electron chi connectivity index (χ0n) is 31.5. The minimum atomic E-state index is -0.751. The molecule has 57 heavy (non-hydrogen) atoms. The average molecular weight is 816 g/mol. The van der Waals surface area contributed by atoms with E-state index in [4.69, 9.17) is 33.0 Å². The minimum absolute atomic E-state index is 0.0279. The maximum absolute atomic E-state index is 14.2. The topological polar surface area (TPSA) is 134 Å². The Morgan fingerprint density at radius 2 is 1.70 bits per heavy atom. The van der Waals surface area contributed by atoms with Gasteiger partial charge in [0.1, 0.15) is 11.9 Å². The van der Waals surface area contributed by atoms with Crippen LogP contribution < -0.4 is 20.7 Å². The summed E-state index contributed by atoms with van der Waals surface area (Å²) in [4.78, 5) is 46.5. The first-order chi connectivity index (χ1) is 27.6. The Kier molecular flexibility index (Phi) is 10.3. The van der Waals surface area contributed by atoms with Gasteiger partial charge in [0.25, 0.3) is 5.91 Å². The number of nitrogens with zero attached hydrogens (tertiary/aromatic N) is 5. The molecule has 12 nitrogen and oxygen atoms in total. The molecule has 4 aromatic rings. The van der Waals surface area contributed by atoms with E-state index in [9.17, 15) is 18.8 Å². The number of rotatable bonds is 7. The van der Waals surface area contributed by atoms with Crippen LogP contribution in [0, 0.1) is 11.2 Å². The maximum Gasteiger partial charge on any atom is 0.253 e. The van der Waals surface area contributed by atoms with Gasteiger partial charge in [-0.2, -0.15) is 5.10 Å². The molecule has 0 unspecified atom stereocenters. The van der Waals surface area contributed by atoms with E-state index in [0.717, 1.165) is 63.0 Å². The van der Waals surface area contributed by atoms with E-state index in [1.807, 2.05) is 41.4 Å². The molecular weight excluding hydrogens is 770 g/mol. The van der Waals surface area contributed by atoms with Gasteiger partial charge in [-0.3, -0.25) is 24.4 Å². The van der Waals surface area contributed by atoms with Crippen LogP contribution in [0.15, 0.2) is 61.1 Å². The van der Waals surface area contributed by atoms with Crippen molar-refractivity contribution < 1.29 is 23.5 Å². The summed E-state index contributed by atoms with van der Waals surface area (Å²) in [6.07, 6.45) is 14.6. The lowest BCUT2D eigenvalue weighted by Crippen LogP contribution is -2.48. The largest absolute Gasteiger partial charge is 0.462 e. The van der Waals surface area contributed by atoms with Gasteiger partial charge in [0.15, 0.2) is 11.6 Å². The summed E-state index contributed by atoms with van der Waals surface area (Å²) in [7, 11) is 0.